The minimum Gasteiger partial charge on any atom is -0.497 e. The number of hydrogen-bond acceptors (Lipinski definition) is 4. The Morgan fingerprint density at radius 1 is 0.969 bits per heavy atom. The van der Waals surface area contributed by atoms with Gasteiger partial charge in [0, 0.05) is 17.8 Å². The number of nitrogens with one attached hydrogen (secondary N) is 1. The van der Waals surface area contributed by atoms with Gasteiger partial charge in [0.2, 0.25) is 0 Å². The van der Waals surface area contributed by atoms with Crippen LogP contribution in [0.4, 0.5) is 5.82 Å². The van der Waals surface area contributed by atoms with Crippen molar-refractivity contribution in [1.82, 2.24) is 9.38 Å². The largest absolute Gasteiger partial charge is 0.497 e. The highest BCUT2D eigenvalue weighted by Gasteiger charge is 2.21. The predicted octanol–water partition coefficient (Wildman–Crippen LogP) is 6.33. The highest BCUT2D eigenvalue weighted by molar-refractivity contribution is 5.79. The number of aromatic nitrogens is 2. The van der Waals surface area contributed by atoms with Crippen molar-refractivity contribution >= 4 is 11.5 Å². The summed E-state index contributed by atoms with van der Waals surface area (Å²) in [5.41, 5.74) is 3.90. The van der Waals surface area contributed by atoms with Gasteiger partial charge in [-0.25, -0.2) is 4.98 Å². The number of pyridine rings is 1. The third kappa shape index (κ3) is 4.28. The van der Waals surface area contributed by atoms with Crippen molar-refractivity contribution in [2.45, 2.75) is 44.8 Å². The second-order valence-electron chi connectivity index (χ2n) is 8.36. The lowest BCUT2D eigenvalue weighted by Gasteiger charge is -2.24. The number of methoxy groups -OCH3 is 1. The molecule has 32 heavy (non-hydrogen) atoms. The van der Waals surface area contributed by atoms with Crippen molar-refractivity contribution in [3.8, 4) is 22.8 Å². The Bertz CT molecular complexity index is 1180. The quantitative estimate of drug-likeness (QED) is 0.374. The van der Waals surface area contributed by atoms with Crippen LogP contribution in [0.2, 0.25) is 0 Å². The smallest absolute Gasteiger partial charge is 0.181 e. The summed E-state index contributed by atoms with van der Waals surface area (Å²) < 4.78 is 13.8. The van der Waals surface area contributed by atoms with Gasteiger partial charge in [-0.15, -0.1) is 0 Å². The fourth-order valence-corrected chi connectivity index (χ4v) is 4.44. The molecule has 2 aromatic carbocycles. The molecule has 5 nitrogen and oxygen atoms in total. The van der Waals surface area contributed by atoms with Gasteiger partial charge >= 0.3 is 0 Å². The monoisotopic (exact) mass is 427 g/mol. The van der Waals surface area contributed by atoms with Gasteiger partial charge in [0.25, 0.3) is 0 Å². The summed E-state index contributed by atoms with van der Waals surface area (Å²) in [6.07, 6.45) is 8.31. The maximum absolute atomic E-state index is 6.21. The lowest BCUT2D eigenvalue weighted by Crippen LogP contribution is -2.23. The maximum atomic E-state index is 6.21. The number of benzene rings is 2. The molecule has 1 N–H and O–H groups in total. The van der Waals surface area contributed by atoms with Crippen LogP contribution < -0.4 is 14.8 Å². The SMILES string of the molecule is COc1cccc(-c2nc3c(OCc4ccccc4)cccn3c2NC2CCCCC2)c1. The summed E-state index contributed by atoms with van der Waals surface area (Å²) in [5, 5.41) is 3.81. The second kappa shape index (κ2) is 9.35. The molecule has 0 amide bonds. The van der Waals surface area contributed by atoms with Crippen LogP contribution in [0.15, 0.2) is 72.9 Å². The molecule has 5 heteroatoms. The molecule has 1 aliphatic rings. The fraction of sp³-hybridized carbons (Fsp3) is 0.296. The number of nitrogens with zero attached hydrogens (tertiary/aromatic N) is 2. The first-order chi connectivity index (χ1) is 15.8. The fourth-order valence-electron chi connectivity index (χ4n) is 4.44. The molecule has 2 aromatic heterocycles. The summed E-state index contributed by atoms with van der Waals surface area (Å²) in [4.78, 5) is 5.06. The molecule has 1 aliphatic carbocycles. The second-order valence-corrected chi connectivity index (χ2v) is 8.36. The van der Waals surface area contributed by atoms with E-state index in [0.717, 1.165) is 39.8 Å². The van der Waals surface area contributed by atoms with Crippen LogP contribution in [-0.2, 0) is 6.61 Å². The third-order valence-electron chi connectivity index (χ3n) is 6.14. The first-order valence-corrected chi connectivity index (χ1v) is 11.4. The van der Waals surface area contributed by atoms with Gasteiger partial charge < -0.3 is 14.8 Å². The Morgan fingerprint density at radius 2 is 1.81 bits per heavy atom. The Labute approximate surface area is 189 Å². The topological polar surface area (TPSA) is 47.8 Å². The van der Waals surface area contributed by atoms with E-state index in [9.17, 15) is 0 Å². The van der Waals surface area contributed by atoms with Crippen molar-refractivity contribution in [3.05, 3.63) is 78.5 Å². The lowest BCUT2D eigenvalue weighted by atomic mass is 9.95. The van der Waals surface area contributed by atoms with Crippen molar-refractivity contribution in [2.75, 3.05) is 12.4 Å². The zero-order valence-electron chi connectivity index (χ0n) is 18.5. The van der Waals surface area contributed by atoms with Crippen LogP contribution in [0.25, 0.3) is 16.9 Å². The molecule has 2 heterocycles. The zero-order chi connectivity index (χ0) is 21.8. The average Bonchev–Trinajstić information content (AvgIpc) is 3.23. The molecule has 5 rings (SSSR count). The first kappa shape index (κ1) is 20.4. The van der Waals surface area contributed by atoms with E-state index in [4.69, 9.17) is 14.5 Å². The van der Waals surface area contributed by atoms with Crippen molar-refractivity contribution in [2.24, 2.45) is 0 Å². The Morgan fingerprint density at radius 3 is 2.62 bits per heavy atom. The van der Waals surface area contributed by atoms with Crippen LogP contribution in [0.5, 0.6) is 11.5 Å². The predicted molar refractivity (Wildman–Crippen MR) is 128 cm³/mol. The molecule has 0 unspecified atom stereocenters. The molecular formula is C27H29N3O2. The van der Waals surface area contributed by atoms with E-state index in [-0.39, 0.29) is 0 Å². The number of anilines is 1. The van der Waals surface area contributed by atoms with Gasteiger partial charge in [0.05, 0.1) is 7.11 Å². The first-order valence-electron chi connectivity index (χ1n) is 11.4. The minimum absolute atomic E-state index is 0.460. The Kier molecular flexibility index (Phi) is 5.97. The molecule has 0 saturated heterocycles. The number of hydrogen-bond donors (Lipinski definition) is 1. The summed E-state index contributed by atoms with van der Waals surface area (Å²) in [6.45, 7) is 0.507. The zero-order valence-corrected chi connectivity index (χ0v) is 18.5. The number of imidazole rings is 1. The van der Waals surface area contributed by atoms with Gasteiger partial charge in [-0.05, 0) is 42.7 Å². The molecular weight excluding hydrogens is 398 g/mol. The summed E-state index contributed by atoms with van der Waals surface area (Å²) in [5.74, 6) is 2.62. The normalized spacial score (nSPS) is 14.4. The van der Waals surface area contributed by atoms with Gasteiger partial charge in [-0.2, -0.15) is 0 Å². The molecule has 4 aromatic rings. The minimum atomic E-state index is 0.460. The van der Waals surface area contributed by atoms with Gasteiger partial charge in [0.1, 0.15) is 23.9 Å². The highest BCUT2D eigenvalue weighted by Crippen LogP contribution is 2.35. The van der Waals surface area contributed by atoms with Crippen LogP contribution in [0.3, 0.4) is 0 Å². The van der Waals surface area contributed by atoms with E-state index in [2.05, 4.69) is 34.1 Å². The molecule has 0 bridgehead atoms. The standard InChI is InChI=1S/C27H29N3O2/c1-31-23-15-8-12-21(18-23)25-27(28-22-13-6-3-7-14-22)30-17-9-16-24(26(30)29-25)32-19-20-10-4-2-5-11-20/h2,4-5,8-12,15-18,22,28H,3,6-7,13-14,19H2,1H3. The summed E-state index contributed by atoms with van der Waals surface area (Å²) >= 11 is 0. The van der Waals surface area contributed by atoms with E-state index >= 15 is 0 Å². The van der Waals surface area contributed by atoms with E-state index < -0.39 is 0 Å². The van der Waals surface area contributed by atoms with Crippen LogP contribution >= 0.6 is 0 Å². The van der Waals surface area contributed by atoms with Crippen molar-refractivity contribution in [3.63, 3.8) is 0 Å². The molecule has 1 fully saturated rings. The van der Waals surface area contributed by atoms with E-state index in [1.165, 1.54) is 32.1 Å². The van der Waals surface area contributed by atoms with Crippen LogP contribution in [0, 0.1) is 0 Å². The Hall–Kier alpha value is -3.47. The summed E-state index contributed by atoms with van der Waals surface area (Å²) in [7, 11) is 1.69. The van der Waals surface area contributed by atoms with Crippen LogP contribution in [-0.4, -0.2) is 22.5 Å². The van der Waals surface area contributed by atoms with E-state index in [1.54, 1.807) is 7.11 Å². The number of fused-ring (bicyclic) bond motifs is 1. The van der Waals surface area contributed by atoms with Gasteiger partial charge in [0.15, 0.2) is 11.4 Å². The highest BCUT2D eigenvalue weighted by atomic mass is 16.5. The lowest BCUT2D eigenvalue weighted by molar-refractivity contribution is 0.308. The summed E-state index contributed by atoms with van der Waals surface area (Å²) in [6, 6.07) is 22.8. The number of rotatable bonds is 7. The van der Waals surface area contributed by atoms with Crippen LogP contribution in [0.1, 0.15) is 37.7 Å². The molecule has 0 radical (unpaired) electrons. The van der Waals surface area contributed by atoms with Crippen molar-refractivity contribution < 1.29 is 9.47 Å². The third-order valence-corrected chi connectivity index (χ3v) is 6.14. The molecule has 1 saturated carbocycles. The Balaban J connectivity index is 1.55. The maximum Gasteiger partial charge on any atom is 0.181 e. The molecule has 0 aliphatic heterocycles. The number of ether oxygens (including phenoxy) is 2. The van der Waals surface area contributed by atoms with E-state index in [1.807, 2.05) is 48.5 Å². The van der Waals surface area contributed by atoms with Crippen molar-refractivity contribution in [1.29, 1.82) is 0 Å². The molecule has 0 atom stereocenters. The van der Waals surface area contributed by atoms with Gasteiger partial charge in [-0.3, -0.25) is 4.40 Å². The van der Waals surface area contributed by atoms with Gasteiger partial charge in [-0.1, -0.05) is 61.7 Å². The molecule has 0 spiro atoms. The van der Waals surface area contributed by atoms with E-state index in [0.29, 0.717) is 12.6 Å². The molecule has 164 valence electrons. The average molecular weight is 428 g/mol.